The Labute approximate surface area is 193 Å². The molecule has 0 aliphatic carbocycles. The Morgan fingerprint density at radius 1 is 1.00 bits per heavy atom. The van der Waals surface area contributed by atoms with Gasteiger partial charge in [0.15, 0.2) is 0 Å². The number of piperidine rings is 1. The molecule has 1 atom stereocenters. The van der Waals surface area contributed by atoms with Gasteiger partial charge in [-0.05, 0) is 44.1 Å². The molecule has 0 unspecified atom stereocenters. The van der Waals surface area contributed by atoms with Crippen molar-refractivity contribution < 1.29 is 19.1 Å². The van der Waals surface area contributed by atoms with Crippen molar-refractivity contribution in [1.82, 2.24) is 9.91 Å². The molecular formula is C25H30N4O4. The van der Waals surface area contributed by atoms with Crippen molar-refractivity contribution in [1.29, 1.82) is 0 Å². The van der Waals surface area contributed by atoms with Crippen molar-refractivity contribution in [3.63, 3.8) is 0 Å². The van der Waals surface area contributed by atoms with Gasteiger partial charge in [0, 0.05) is 23.5 Å². The second-order valence-corrected chi connectivity index (χ2v) is 8.40. The maximum Gasteiger partial charge on any atom is 0.257 e. The lowest BCUT2D eigenvalue weighted by Gasteiger charge is -2.31. The minimum Gasteiger partial charge on any atom is -0.496 e. The number of primary amides is 1. The van der Waals surface area contributed by atoms with Crippen LogP contribution >= 0.6 is 0 Å². The van der Waals surface area contributed by atoms with Gasteiger partial charge in [0.05, 0.1) is 32.5 Å². The molecule has 33 heavy (non-hydrogen) atoms. The summed E-state index contributed by atoms with van der Waals surface area (Å²) in [6.07, 6.45) is 1.90. The van der Waals surface area contributed by atoms with Gasteiger partial charge >= 0.3 is 0 Å². The van der Waals surface area contributed by atoms with E-state index in [1.54, 1.807) is 19.2 Å². The number of hydrazone groups is 1. The highest BCUT2D eigenvalue weighted by Crippen LogP contribution is 2.38. The molecule has 0 spiro atoms. The van der Waals surface area contributed by atoms with Crippen LogP contribution in [0.25, 0.3) is 0 Å². The molecule has 4 rings (SSSR count). The van der Waals surface area contributed by atoms with Crippen LogP contribution in [0.1, 0.15) is 36.4 Å². The van der Waals surface area contributed by atoms with Crippen LogP contribution in [0, 0.1) is 5.92 Å². The first-order chi connectivity index (χ1) is 16.0. The van der Waals surface area contributed by atoms with Crippen LogP contribution in [0.15, 0.2) is 53.6 Å². The van der Waals surface area contributed by atoms with E-state index in [-0.39, 0.29) is 30.3 Å². The van der Waals surface area contributed by atoms with Crippen LogP contribution < -0.4 is 15.2 Å². The number of methoxy groups -OCH3 is 2. The SMILES string of the molecule is COc1ccccc1C1=NN(C(=O)CN2CCC(C(N)=O)CC2)[C@H](c2ccccc2OC)C1. The van der Waals surface area contributed by atoms with Crippen LogP contribution in [0.4, 0.5) is 0 Å². The van der Waals surface area contributed by atoms with Crippen LogP contribution in [-0.2, 0) is 9.59 Å². The summed E-state index contributed by atoms with van der Waals surface area (Å²) in [5.41, 5.74) is 8.02. The summed E-state index contributed by atoms with van der Waals surface area (Å²) in [4.78, 5) is 27.0. The first-order valence-corrected chi connectivity index (χ1v) is 11.2. The number of para-hydroxylation sites is 2. The number of hydrogen-bond acceptors (Lipinski definition) is 6. The number of nitrogens with two attached hydrogens (primary N) is 1. The van der Waals surface area contributed by atoms with Gasteiger partial charge in [0.25, 0.3) is 5.91 Å². The zero-order valence-corrected chi connectivity index (χ0v) is 19.1. The van der Waals surface area contributed by atoms with E-state index in [0.29, 0.717) is 32.4 Å². The summed E-state index contributed by atoms with van der Waals surface area (Å²) in [6.45, 7) is 1.56. The number of nitrogens with zero attached hydrogens (tertiary/aromatic N) is 3. The second-order valence-electron chi connectivity index (χ2n) is 8.40. The van der Waals surface area contributed by atoms with Gasteiger partial charge in [0.2, 0.25) is 5.91 Å². The molecular weight excluding hydrogens is 420 g/mol. The lowest BCUT2D eigenvalue weighted by atomic mass is 9.96. The van der Waals surface area contributed by atoms with Crippen LogP contribution in [0.3, 0.4) is 0 Å². The van der Waals surface area contributed by atoms with Crippen molar-refractivity contribution in [3.05, 3.63) is 59.7 Å². The molecule has 0 radical (unpaired) electrons. The molecule has 2 aromatic carbocycles. The number of likely N-dealkylation sites (tertiary alicyclic amines) is 1. The van der Waals surface area contributed by atoms with Gasteiger partial charge in [-0.15, -0.1) is 0 Å². The average molecular weight is 451 g/mol. The smallest absolute Gasteiger partial charge is 0.257 e. The third-order valence-electron chi connectivity index (χ3n) is 6.43. The number of hydrogen-bond donors (Lipinski definition) is 1. The van der Waals surface area contributed by atoms with Crippen molar-refractivity contribution in [2.45, 2.75) is 25.3 Å². The largest absolute Gasteiger partial charge is 0.496 e. The van der Waals surface area contributed by atoms with Gasteiger partial charge in [-0.2, -0.15) is 5.10 Å². The molecule has 1 fully saturated rings. The third-order valence-corrected chi connectivity index (χ3v) is 6.43. The first-order valence-electron chi connectivity index (χ1n) is 11.2. The predicted molar refractivity (Wildman–Crippen MR) is 125 cm³/mol. The molecule has 8 nitrogen and oxygen atoms in total. The fraction of sp³-hybridized carbons (Fsp3) is 0.400. The van der Waals surface area contributed by atoms with E-state index in [9.17, 15) is 9.59 Å². The molecule has 0 bridgehead atoms. The minimum atomic E-state index is -0.281. The van der Waals surface area contributed by atoms with Gasteiger partial charge < -0.3 is 15.2 Å². The third kappa shape index (κ3) is 4.85. The molecule has 2 N–H and O–H groups in total. The van der Waals surface area contributed by atoms with Crippen LogP contribution in [0.5, 0.6) is 11.5 Å². The fourth-order valence-corrected chi connectivity index (χ4v) is 4.61. The molecule has 2 heterocycles. The Kier molecular flexibility index (Phi) is 6.93. The van der Waals surface area contributed by atoms with Gasteiger partial charge in [0.1, 0.15) is 11.5 Å². The van der Waals surface area contributed by atoms with Crippen molar-refractivity contribution in [3.8, 4) is 11.5 Å². The Morgan fingerprint density at radius 2 is 1.64 bits per heavy atom. The highest BCUT2D eigenvalue weighted by atomic mass is 16.5. The van der Waals surface area contributed by atoms with Crippen LogP contribution in [-0.4, -0.2) is 61.3 Å². The molecule has 0 saturated carbocycles. The van der Waals surface area contributed by atoms with Crippen molar-refractivity contribution >= 4 is 17.5 Å². The molecule has 2 aliphatic rings. The summed E-state index contributed by atoms with van der Waals surface area (Å²) < 4.78 is 11.1. The van der Waals surface area contributed by atoms with Crippen molar-refractivity contribution in [2.24, 2.45) is 16.8 Å². The maximum atomic E-state index is 13.5. The number of ether oxygens (including phenoxy) is 2. The Hall–Kier alpha value is -3.39. The highest BCUT2D eigenvalue weighted by molar-refractivity contribution is 6.05. The molecule has 0 aromatic heterocycles. The Balaban J connectivity index is 1.60. The number of carbonyl (C=O) groups excluding carboxylic acids is 2. The summed E-state index contributed by atoms with van der Waals surface area (Å²) in [5, 5.41) is 6.36. The monoisotopic (exact) mass is 450 g/mol. The molecule has 2 amide bonds. The molecule has 2 aliphatic heterocycles. The Bertz CT molecular complexity index is 1050. The van der Waals surface area contributed by atoms with Crippen molar-refractivity contribution in [2.75, 3.05) is 33.9 Å². The molecule has 1 saturated heterocycles. The lowest BCUT2D eigenvalue weighted by Crippen LogP contribution is -2.44. The number of carbonyl (C=O) groups is 2. The summed E-state index contributed by atoms with van der Waals surface area (Å²) in [6, 6.07) is 15.1. The lowest BCUT2D eigenvalue weighted by molar-refractivity contribution is -0.134. The molecule has 174 valence electrons. The zero-order chi connectivity index (χ0) is 23.4. The van der Waals surface area contributed by atoms with E-state index in [4.69, 9.17) is 20.3 Å². The second kappa shape index (κ2) is 10.0. The Morgan fingerprint density at radius 3 is 2.30 bits per heavy atom. The van der Waals surface area contributed by atoms with Gasteiger partial charge in [-0.1, -0.05) is 30.3 Å². The normalized spacial score (nSPS) is 19.3. The van der Waals surface area contributed by atoms with Crippen LogP contribution in [0.2, 0.25) is 0 Å². The quantitative estimate of drug-likeness (QED) is 0.699. The number of amides is 2. The van der Waals surface area contributed by atoms with E-state index in [1.165, 1.54) is 0 Å². The summed E-state index contributed by atoms with van der Waals surface area (Å²) in [7, 11) is 3.26. The molecule has 2 aromatic rings. The number of benzene rings is 2. The standard InChI is InChI=1S/C25H30N4O4/c1-32-22-9-5-3-7-18(22)20-15-21(19-8-4-6-10-23(19)33-2)29(27-20)24(30)16-28-13-11-17(12-14-28)25(26)31/h3-10,17,21H,11-16H2,1-2H3,(H2,26,31)/t21-/m0/s1. The van der Waals surface area contributed by atoms with Gasteiger partial charge in [-0.25, -0.2) is 5.01 Å². The maximum absolute atomic E-state index is 13.5. The first kappa shape index (κ1) is 22.8. The highest BCUT2D eigenvalue weighted by Gasteiger charge is 2.36. The predicted octanol–water partition coefficient (Wildman–Crippen LogP) is 2.58. The fourth-order valence-electron chi connectivity index (χ4n) is 4.61. The van der Waals surface area contributed by atoms with Gasteiger partial charge in [-0.3, -0.25) is 14.5 Å². The van der Waals surface area contributed by atoms with E-state index < -0.39 is 0 Å². The summed E-state index contributed by atoms with van der Waals surface area (Å²) in [5.74, 6) is 0.979. The van der Waals surface area contributed by atoms with E-state index in [0.717, 1.165) is 28.3 Å². The van der Waals surface area contributed by atoms with E-state index >= 15 is 0 Å². The average Bonchev–Trinajstić information content (AvgIpc) is 3.29. The topological polar surface area (TPSA) is 97.5 Å². The van der Waals surface area contributed by atoms with E-state index in [1.807, 2.05) is 48.5 Å². The molecule has 8 heteroatoms. The summed E-state index contributed by atoms with van der Waals surface area (Å²) >= 11 is 0. The zero-order valence-electron chi connectivity index (χ0n) is 19.1. The van der Waals surface area contributed by atoms with E-state index in [2.05, 4.69) is 4.90 Å². The minimum absolute atomic E-state index is 0.0895. The number of rotatable bonds is 7.